The van der Waals surface area contributed by atoms with Gasteiger partial charge in [-0.3, -0.25) is 9.59 Å². The molecule has 1 atom stereocenters. The molecule has 1 unspecified atom stereocenters. The fourth-order valence-corrected chi connectivity index (χ4v) is 0.151. The van der Waals surface area contributed by atoms with Gasteiger partial charge in [-0.1, -0.05) is 0 Å². The third-order valence-electron chi connectivity index (χ3n) is 0.570. The molecule has 0 aliphatic rings. The van der Waals surface area contributed by atoms with Gasteiger partial charge in [-0.2, -0.15) is 5.11 Å². The Morgan fingerprint density at radius 3 is 2.12 bits per heavy atom. The molecule has 0 aromatic heterocycles. The molecule has 0 aromatic rings. The molecule has 4 heteroatoms. The fraction of sp³-hybridized carbons (Fsp3) is 0.500. The lowest BCUT2D eigenvalue weighted by Gasteiger charge is -2.08. The van der Waals surface area contributed by atoms with Crippen LogP contribution in [0.2, 0.25) is 0 Å². The van der Waals surface area contributed by atoms with Crippen molar-refractivity contribution in [1.29, 1.82) is 0 Å². The average Bonchev–Trinajstić information content (AvgIpc) is 1.67. The van der Waals surface area contributed by atoms with Gasteiger partial charge in [0.25, 0.3) is 0 Å². The number of carbonyl (C=O) groups is 2. The van der Waals surface area contributed by atoms with Crippen LogP contribution in [0.3, 0.4) is 0 Å². The Bertz CT molecular complexity index is 99.5. The van der Waals surface area contributed by atoms with E-state index in [9.17, 15) is 14.7 Å². The molecule has 8 heavy (non-hydrogen) atoms. The fourth-order valence-electron chi connectivity index (χ4n) is 0.151. The summed E-state index contributed by atoms with van der Waals surface area (Å²) in [5, 5.41) is 12.1. The summed E-state index contributed by atoms with van der Waals surface area (Å²) in [4.78, 5) is 19.2. The molecule has 0 aromatic carbocycles. The van der Waals surface area contributed by atoms with Gasteiger partial charge < -0.3 is 5.32 Å². The number of amides is 1. The molecule has 0 saturated heterocycles. The second-order valence-corrected chi connectivity index (χ2v) is 1.49. The van der Waals surface area contributed by atoms with Crippen LogP contribution >= 0.6 is 0 Å². The summed E-state index contributed by atoms with van der Waals surface area (Å²) in [6, 6.07) is 0. The molecular weight excluding hydrogens is 110 g/mol. The summed E-state index contributed by atoms with van der Waals surface area (Å²) in [5.74, 6) is 0. The largest absolute Gasteiger partial charge is 0.323 e. The highest BCUT2D eigenvalue weighted by Gasteiger charge is 2.18. The van der Waals surface area contributed by atoms with E-state index in [1.54, 1.807) is 5.32 Å². The van der Waals surface area contributed by atoms with Crippen LogP contribution in [0.4, 0.5) is 0 Å². The monoisotopic (exact) mass is 116 g/mol. The molecular formula is C4H6NO3. The Hall–Kier alpha value is -0.900. The highest BCUT2D eigenvalue weighted by molar-refractivity contribution is 5.65. The van der Waals surface area contributed by atoms with Crippen molar-refractivity contribution in [3.63, 3.8) is 0 Å². The van der Waals surface area contributed by atoms with E-state index < -0.39 is 5.72 Å². The predicted molar refractivity (Wildman–Crippen MR) is 24.4 cm³/mol. The van der Waals surface area contributed by atoms with Crippen molar-refractivity contribution in [2.75, 3.05) is 0 Å². The second kappa shape index (κ2) is 2.42. The van der Waals surface area contributed by atoms with Crippen LogP contribution in [0.15, 0.2) is 0 Å². The van der Waals surface area contributed by atoms with Gasteiger partial charge in [0.2, 0.25) is 12.1 Å². The SMILES string of the molecule is CC([O])(C=O)NC=O. The molecule has 1 N–H and O–H groups in total. The highest BCUT2D eigenvalue weighted by Crippen LogP contribution is 1.88. The van der Waals surface area contributed by atoms with E-state index in [0.29, 0.717) is 0 Å². The topological polar surface area (TPSA) is 66.1 Å². The van der Waals surface area contributed by atoms with Crippen LogP contribution in [0.5, 0.6) is 0 Å². The Labute approximate surface area is 46.5 Å². The Morgan fingerprint density at radius 2 is 2.00 bits per heavy atom. The van der Waals surface area contributed by atoms with Crippen LogP contribution in [0.25, 0.3) is 0 Å². The number of aldehydes is 1. The van der Waals surface area contributed by atoms with Gasteiger partial charge in [0.15, 0.2) is 6.29 Å². The lowest BCUT2D eigenvalue weighted by Crippen LogP contribution is -2.41. The molecule has 1 amide bonds. The normalized spacial score (nSPS) is 16.2. The zero-order valence-electron chi connectivity index (χ0n) is 4.38. The molecule has 0 bridgehead atoms. The molecule has 4 nitrogen and oxygen atoms in total. The zero-order valence-corrected chi connectivity index (χ0v) is 4.38. The number of nitrogens with one attached hydrogen (secondary N) is 1. The first-order valence-electron chi connectivity index (χ1n) is 2.00. The minimum absolute atomic E-state index is 0.126. The minimum Gasteiger partial charge on any atom is -0.323 e. The van der Waals surface area contributed by atoms with E-state index in [1.807, 2.05) is 0 Å². The third kappa shape index (κ3) is 2.30. The van der Waals surface area contributed by atoms with Gasteiger partial charge in [-0.25, -0.2) is 0 Å². The number of carbonyl (C=O) groups excluding carboxylic acids is 2. The molecule has 0 heterocycles. The maximum absolute atomic E-state index is 10.4. The van der Waals surface area contributed by atoms with Crippen molar-refractivity contribution >= 4 is 12.7 Å². The summed E-state index contributed by atoms with van der Waals surface area (Å²) in [5.41, 5.74) is -1.96. The van der Waals surface area contributed by atoms with Crippen molar-refractivity contribution in [2.24, 2.45) is 0 Å². The number of hydrogen-bond donors (Lipinski definition) is 1. The average molecular weight is 116 g/mol. The summed E-state index contributed by atoms with van der Waals surface area (Å²) in [6.45, 7) is 1.06. The first-order valence-corrected chi connectivity index (χ1v) is 2.00. The standard InChI is InChI=1S/C4H6NO3/c1-4(8,2-6)5-3-7/h2-3H,1H3,(H,5,7). The highest BCUT2D eigenvalue weighted by atomic mass is 16.3. The molecule has 0 aliphatic carbocycles. The van der Waals surface area contributed by atoms with Gasteiger partial charge in [0.1, 0.15) is 0 Å². The second-order valence-electron chi connectivity index (χ2n) is 1.49. The molecule has 0 rings (SSSR count). The van der Waals surface area contributed by atoms with Crippen molar-refractivity contribution in [1.82, 2.24) is 5.32 Å². The Morgan fingerprint density at radius 1 is 1.50 bits per heavy atom. The summed E-state index contributed by atoms with van der Waals surface area (Å²) < 4.78 is 0. The molecule has 1 radical (unpaired) electrons. The molecule has 0 saturated carbocycles. The zero-order chi connectivity index (χ0) is 6.62. The first-order chi connectivity index (χ1) is 3.62. The molecule has 45 valence electrons. The van der Waals surface area contributed by atoms with Gasteiger partial charge in [0.05, 0.1) is 0 Å². The lowest BCUT2D eigenvalue weighted by molar-refractivity contribution is -0.138. The van der Waals surface area contributed by atoms with E-state index in [0.717, 1.165) is 6.92 Å². The van der Waals surface area contributed by atoms with Crippen LogP contribution < -0.4 is 5.32 Å². The maximum Gasteiger partial charge on any atom is 0.227 e. The van der Waals surface area contributed by atoms with Gasteiger partial charge in [-0.05, 0) is 6.92 Å². The van der Waals surface area contributed by atoms with Gasteiger partial charge in [0, 0.05) is 0 Å². The van der Waals surface area contributed by atoms with Crippen LogP contribution in [0.1, 0.15) is 6.92 Å². The summed E-state index contributed by atoms with van der Waals surface area (Å²) in [6.07, 6.45) is 0.322. The van der Waals surface area contributed by atoms with Gasteiger partial charge in [-0.15, -0.1) is 0 Å². The predicted octanol–water partition coefficient (Wildman–Crippen LogP) is -0.922. The van der Waals surface area contributed by atoms with E-state index in [2.05, 4.69) is 0 Å². The van der Waals surface area contributed by atoms with E-state index >= 15 is 0 Å². The van der Waals surface area contributed by atoms with E-state index in [4.69, 9.17) is 0 Å². The quantitative estimate of drug-likeness (QED) is 0.382. The van der Waals surface area contributed by atoms with E-state index in [-0.39, 0.29) is 12.7 Å². The van der Waals surface area contributed by atoms with Crippen molar-refractivity contribution in [3.8, 4) is 0 Å². The van der Waals surface area contributed by atoms with Crippen molar-refractivity contribution in [2.45, 2.75) is 12.6 Å². The third-order valence-corrected chi connectivity index (χ3v) is 0.570. The van der Waals surface area contributed by atoms with Crippen molar-refractivity contribution < 1.29 is 14.7 Å². The molecule has 0 aliphatic heterocycles. The molecule has 0 spiro atoms. The smallest absolute Gasteiger partial charge is 0.227 e. The van der Waals surface area contributed by atoms with Crippen LogP contribution in [0, 0.1) is 0 Å². The summed E-state index contributed by atoms with van der Waals surface area (Å²) >= 11 is 0. The first kappa shape index (κ1) is 7.10. The van der Waals surface area contributed by atoms with Crippen LogP contribution in [-0.2, 0) is 14.7 Å². The van der Waals surface area contributed by atoms with Crippen molar-refractivity contribution in [3.05, 3.63) is 0 Å². The van der Waals surface area contributed by atoms with Gasteiger partial charge >= 0.3 is 0 Å². The number of hydrogen-bond acceptors (Lipinski definition) is 2. The summed E-state index contributed by atoms with van der Waals surface area (Å²) in [7, 11) is 0. The molecule has 0 fully saturated rings. The Kier molecular flexibility index (Phi) is 2.15. The Balaban J connectivity index is 3.70. The number of rotatable bonds is 3. The van der Waals surface area contributed by atoms with Crippen LogP contribution in [-0.4, -0.2) is 18.4 Å². The lowest BCUT2D eigenvalue weighted by atomic mass is 10.3. The maximum atomic E-state index is 10.4. The van der Waals surface area contributed by atoms with E-state index in [1.165, 1.54) is 0 Å². The minimum atomic E-state index is -1.96.